The SMILES string of the molecule is COC(=O)C1(NC2CC2)CCC(Sc2nc(C)c(C)o2)C1. The molecule has 3 rings (SSSR count). The van der Waals surface area contributed by atoms with E-state index in [0.29, 0.717) is 16.5 Å². The van der Waals surface area contributed by atoms with E-state index in [9.17, 15) is 4.79 Å². The summed E-state index contributed by atoms with van der Waals surface area (Å²) in [7, 11) is 1.47. The average Bonchev–Trinajstić information content (AvgIpc) is 3.08. The second kappa shape index (κ2) is 5.65. The first kappa shape index (κ1) is 14.9. The monoisotopic (exact) mass is 310 g/mol. The van der Waals surface area contributed by atoms with Gasteiger partial charge in [0.2, 0.25) is 0 Å². The molecule has 0 spiro atoms. The molecule has 0 aromatic carbocycles. The molecule has 21 heavy (non-hydrogen) atoms. The number of nitrogens with zero attached hydrogens (tertiary/aromatic N) is 1. The van der Waals surface area contributed by atoms with Crippen LogP contribution >= 0.6 is 11.8 Å². The molecule has 0 saturated heterocycles. The minimum absolute atomic E-state index is 0.128. The van der Waals surface area contributed by atoms with Crippen molar-refractivity contribution < 1.29 is 13.9 Å². The number of thioether (sulfide) groups is 1. The first-order valence-electron chi connectivity index (χ1n) is 7.49. The molecule has 0 aliphatic heterocycles. The fourth-order valence-electron chi connectivity index (χ4n) is 2.93. The fraction of sp³-hybridized carbons (Fsp3) is 0.733. The maximum absolute atomic E-state index is 12.2. The zero-order chi connectivity index (χ0) is 15.0. The van der Waals surface area contributed by atoms with E-state index >= 15 is 0 Å². The molecule has 0 bridgehead atoms. The van der Waals surface area contributed by atoms with Crippen LogP contribution in [0.2, 0.25) is 0 Å². The van der Waals surface area contributed by atoms with Crippen molar-refractivity contribution in [2.45, 2.75) is 68.0 Å². The molecule has 0 radical (unpaired) electrons. The highest BCUT2D eigenvalue weighted by atomic mass is 32.2. The quantitative estimate of drug-likeness (QED) is 0.843. The van der Waals surface area contributed by atoms with E-state index in [0.717, 1.165) is 43.6 Å². The summed E-state index contributed by atoms with van der Waals surface area (Å²) in [6.07, 6.45) is 4.90. The number of carbonyl (C=O) groups is 1. The van der Waals surface area contributed by atoms with Crippen LogP contribution in [-0.2, 0) is 9.53 Å². The number of methoxy groups -OCH3 is 1. The van der Waals surface area contributed by atoms with Crippen molar-refractivity contribution in [3.05, 3.63) is 11.5 Å². The second-order valence-corrected chi connectivity index (χ2v) is 7.35. The van der Waals surface area contributed by atoms with Crippen LogP contribution in [0.4, 0.5) is 0 Å². The van der Waals surface area contributed by atoms with E-state index in [-0.39, 0.29) is 5.97 Å². The molecule has 2 saturated carbocycles. The Morgan fingerprint density at radius 2 is 2.19 bits per heavy atom. The molecular formula is C15H22N2O3S. The number of nitrogens with one attached hydrogen (secondary N) is 1. The van der Waals surface area contributed by atoms with Crippen molar-refractivity contribution in [1.82, 2.24) is 10.3 Å². The highest BCUT2D eigenvalue weighted by Gasteiger charge is 2.49. The van der Waals surface area contributed by atoms with Gasteiger partial charge in [0.15, 0.2) is 0 Å². The lowest BCUT2D eigenvalue weighted by molar-refractivity contribution is -0.148. The van der Waals surface area contributed by atoms with Gasteiger partial charge in [-0.05, 0) is 46.0 Å². The molecule has 1 heterocycles. The van der Waals surface area contributed by atoms with Crippen LogP contribution in [0.1, 0.15) is 43.6 Å². The number of carbonyl (C=O) groups excluding carboxylic acids is 1. The molecule has 5 nitrogen and oxygen atoms in total. The van der Waals surface area contributed by atoms with Gasteiger partial charge in [0.1, 0.15) is 11.3 Å². The number of aromatic nitrogens is 1. The second-order valence-electron chi connectivity index (χ2n) is 6.10. The fourth-order valence-corrected chi connectivity index (χ4v) is 4.18. The van der Waals surface area contributed by atoms with Crippen LogP contribution in [0.3, 0.4) is 0 Å². The molecule has 0 amide bonds. The van der Waals surface area contributed by atoms with Gasteiger partial charge in [-0.25, -0.2) is 4.98 Å². The molecule has 2 atom stereocenters. The van der Waals surface area contributed by atoms with E-state index in [2.05, 4.69) is 10.3 Å². The Labute approximate surface area is 129 Å². The zero-order valence-corrected chi connectivity index (χ0v) is 13.6. The number of ether oxygens (including phenoxy) is 1. The van der Waals surface area contributed by atoms with Crippen LogP contribution in [0.25, 0.3) is 0 Å². The molecule has 6 heteroatoms. The van der Waals surface area contributed by atoms with E-state index in [1.54, 1.807) is 11.8 Å². The van der Waals surface area contributed by atoms with Gasteiger partial charge in [-0.1, -0.05) is 11.8 Å². The summed E-state index contributed by atoms with van der Waals surface area (Å²) in [5.41, 5.74) is 0.426. The summed E-state index contributed by atoms with van der Waals surface area (Å²) in [6, 6.07) is 0.485. The number of oxazole rings is 1. The Morgan fingerprint density at radius 3 is 2.76 bits per heavy atom. The van der Waals surface area contributed by atoms with E-state index in [1.807, 2.05) is 13.8 Å². The van der Waals surface area contributed by atoms with Gasteiger partial charge in [-0.3, -0.25) is 10.1 Å². The van der Waals surface area contributed by atoms with Crippen molar-refractivity contribution in [2.24, 2.45) is 0 Å². The highest BCUT2D eigenvalue weighted by molar-refractivity contribution is 7.99. The van der Waals surface area contributed by atoms with Gasteiger partial charge in [-0.15, -0.1) is 0 Å². The molecule has 2 aliphatic carbocycles. The van der Waals surface area contributed by atoms with Gasteiger partial charge >= 0.3 is 5.97 Å². The van der Waals surface area contributed by atoms with Crippen molar-refractivity contribution in [2.75, 3.05) is 7.11 Å². The average molecular weight is 310 g/mol. The normalized spacial score (nSPS) is 28.8. The Hall–Kier alpha value is -1.01. The van der Waals surface area contributed by atoms with Crippen LogP contribution < -0.4 is 5.32 Å². The molecule has 2 fully saturated rings. The summed E-state index contributed by atoms with van der Waals surface area (Å²) >= 11 is 1.64. The van der Waals surface area contributed by atoms with Crippen molar-refractivity contribution >= 4 is 17.7 Å². The Morgan fingerprint density at radius 1 is 1.43 bits per heavy atom. The van der Waals surface area contributed by atoms with Gasteiger partial charge < -0.3 is 9.15 Å². The summed E-state index contributed by atoms with van der Waals surface area (Å²) < 4.78 is 10.7. The van der Waals surface area contributed by atoms with Crippen LogP contribution in [-0.4, -0.2) is 34.9 Å². The smallest absolute Gasteiger partial charge is 0.326 e. The summed E-state index contributed by atoms with van der Waals surface area (Å²) in [4.78, 5) is 16.6. The Kier molecular flexibility index (Phi) is 4.01. The lowest BCUT2D eigenvalue weighted by atomic mass is 9.97. The standard InChI is InChI=1S/C15H22N2O3S/c1-9-10(2)20-14(16-9)21-12-6-7-15(8-12,13(18)19-3)17-11-4-5-11/h11-12,17H,4-8H2,1-3H3. The maximum atomic E-state index is 12.2. The predicted molar refractivity (Wildman–Crippen MR) is 80.4 cm³/mol. The topological polar surface area (TPSA) is 64.4 Å². The lowest BCUT2D eigenvalue weighted by Crippen LogP contribution is -2.52. The third-order valence-electron chi connectivity index (χ3n) is 4.38. The molecule has 2 unspecified atom stereocenters. The highest BCUT2D eigenvalue weighted by Crippen LogP contribution is 2.42. The van der Waals surface area contributed by atoms with Gasteiger partial charge in [0.25, 0.3) is 5.22 Å². The summed E-state index contributed by atoms with van der Waals surface area (Å²) in [5.74, 6) is 0.739. The zero-order valence-electron chi connectivity index (χ0n) is 12.8. The largest absolute Gasteiger partial charge is 0.468 e. The third kappa shape index (κ3) is 3.11. The minimum Gasteiger partial charge on any atom is -0.468 e. The first-order chi connectivity index (χ1) is 10.0. The van der Waals surface area contributed by atoms with Crippen molar-refractivity contribution in [3.63, 3.8) is 0 Å². The molecule has 1 aromatic heterocycles. The number of rotatable bonds is 5. The van der Waals surface area contributed by atoms with Gasteiger partial charge in [0, 0.05) is 11.3 Å². The minimum atomic E-state index is -0.510. The number of esters is 1. The predicted octanol–water partition coefficient (Wildman–Crippen LogP) is 2.60. The van der Waals surface area contributed by atoms with Crippen molar-refractivity contribution in [1.29, 1.82) is 0 Å². The van der Waals surface area contributed by atoms with E-state index < -0.39 is 5.54 Å². The number of hydrogen-bond acceptors (Lipinski definition) is 6. The maximum Gasteiger partial charge on any atom is 0.326 e. The number of hydrogen-bond donors (Lipinski definition) is 1. The molecule has 1 N–H and O–H groups in total. The van der Waals surface area contributed by atoms with Gasteiger partial charge in [0.05, 0.1) is 12.8 Å². The Bertz CT molecular complexity index is 522. The van der Waals surface area contributed by atoms with Crippen LogP contribution in [0.5, 0.6) is 0 Å². The lowest BCUT2D eigenvalue weighted by Gasteiger charge is -2.27. The summed E-state index contributed by atoms with van der Waals surface area (Å²) in [5, 5.41) is 4.56. The van der Waals surface area contributed by atoms with Crippen molar-refractivity contribution in [3.8, 4) is 0 Å². The van der Waals surface area contributed by atoms with Crippen LogP contribution in [0, 0.1) is 13.8 Å². The van der Waals surface area contributed by atoms with Gasteiger partial charge in [-0.2, -0.15) is 0 Å². The number of aryl methyl sites for hydroxylation is 2. The molecular weight excluding hydrogens is 288 g/mol. The van der Waals surface area contributed by atoms with E-state index in [4.69, 9.17) is 9.15 Å². The summed E-state index contributed by atoms with van der Waals surface area (Å²) in [6.45, 7) is 3.87. The molecule has 2 aliphatic rings. The van der Waals surface area contributed by atoms with E-state index in [1.165, 1.54) is 7.11 Å². The molecule has 116 valence electrons. The Balaban J connectivity index is 1.67. The molecule has 1 aromatic rings. The third-order valence-corrected chi connectivity index (χ3v) is 5.49. The van der Waals surface area contributed by atoms with Crippen LogP contribution in [0.15, 0.2) is 9.64 Å². The first-order valence-corrected chi connectivity index (χ1v) is 8.37.